The lowest BCUT2D eigenvalue weighted by atomic mass is 10.1. The zero-order chi connectivity index (χ0) is 12.4. The second kappa shape index (κ2) is 5.19. The first-order valence-corrected chi connectivity index (χ1v) is 6.63. The molecule has 2 rings (SSSR count). The Morgan fingerprint density at radius 1 is 1.41 bits per heavy atom. The van der Waals surface area contributed by atoms with Crippen LogP contribution in [0, 0.1) is 0 Å². The molecule has 0 saturated heterocycles. The van der Waals surface area contributed by atoms with Crippen molar-refractivity contribution >= 4 is 0 Å². The molecule has 1 N–H and O–H groups in total. The molecule has 17 heavy (non-hydrogen) atoms. The second-order valence-electron chi connectivity index (χ2n) is 5.22. The normalized spacial score (nSPS) is 25.0. The SMILES string of the molecule is CCCC(C)N(C)C1Cc2ccccc2C1O. The third-order valence-electron chi connectivity index (χ3n) is 4.09. The summed E-state index contributed by atoms with van der Waals surface area (Å²) in [5.74, 6) is 0. The minimum Gasteiger partial charge on any atom is -0.387 e. The topological polar surface area (TPSA) is 23.5 Å². The molecule has 94 valence electrons. The summed E-state index contributed by atoms with van der Waals surface area (Å²) in [4.78, 5) is 2.34. The molecule has 1 aliphatic carbocycles. The zero-order valence-corrected chi connectivity index (χ0v) is 11.1. The summed E-state index contributed by atoms with van der Waals surface area (Å²) in [7, 11) is 2.14. The van der Waals surface area contributed by atoms with Crippen molar-refractivity contribution < 1.29 is 5.11 Å². The molecule has 1 aliphatic rings. The molecule has 0 amide bonds. The molecule has 3 unspecified atom stereocenters. The van der Waals surface area contributed by atoms with Crippen LogP contribution >= 0.6 is 0 Å². The first kappa shape index (κ1) is 12.6. The largest absolute Gasteiger partial charge is 0.387 e. The van der Waals surface area contributed by atoms with Crippen molar-refractivity contribution in [3.63, 3.8) is 0 Å². The van der Waals surface area contributed by atoms with E-state index in [9.17, 15) is 5.11 Å². The van der Waals surface area contributed by atoms with Crippen molar-refractivity contribution in [2.24, 2.45) is 0 Å². The Morgan fingerprint density at radius 3 is 2.76 bits per heavy atom. The van der Waals surface area contributed by atoms with Crippen LogP contribution in [0.25, 0.3) is 0 Å². The number of hydrogen-bond acceptors (Lipinski definition) is 2. The highest BCUT2D eigenvalue weighted by molar-refractivity contribution is 5.35. The van der Waals surface area contributed by atoms with Gasteiger partial charge >= 0.3 is 0 Å². The molecule has 0 spiro atoms. The van der Waals surface area contributed by atoms with E-state index in [4.69, 9.17) is 0 Å². The summed E-state index contributed by atoms with van der Waals surface area (Å²) >= 11 is 0. The third-order valence-corrected chi connectivity index (χ3v) is 4.09. The second-order valence-corrected chi connectivity index (χ2v) is 5.22. The lowest BCUT2D eigenvalue weighted by molar-refractivity contribution is 0.0534. The average molecular weight is 233 g/mol. The lowest BCUT2D eigenvalue weighted by Gasteiger charge is -2.32. The number of aliphatic hydroxyl groups excluding tert-OH is 1. The quantitative estimate of drug-likeness (QED) is 0.864. The lowest BCUT2D eigenvalue weighted by Crippen LogP contribution is -2.41. The van der Waals surface area contributed by atoms with Gasteiger partial charge in [0.1, 0.15) is 0 Å². The molecule has 1 aromatic rings. The number of benzene rings is 1. The predicted molar refractivity (Wildman–Crippen MR) is 71.0 cm³/mol. The summed E-state index contributed by atoms with van der Waals surface area (Å²) in [6, 6.07) is 9.04. The molecule has 0 bridgehead atoms. The predicted octanol–water partition coefficient (Wildman–Crippen LogP) is 2.77. The molecule has 0 aliphatic heterocycles. The maximum atomic E-state index is 10.4. The van der Waals surface area contributed by atoms with Gasteiger partial charge in [-0.25, -0.2) is 0 Å². The summed E-state index contributed by atoms with van der Waals surface area (Å²) in [5, 5.41) is 10.4. The summed E-state index contributed by atoms with van der Waals surface area (Å²) in [6.07, 6.45) is 3.04. The highest BCUT2D eigenvalue weighted by Crippen LogP contribution is 2.34. The number of fused-ring (bicyclic) bond motifs is 1. The fourth-order valence-electron chi connectivity index (χ4n) is 2.87. The van der Waals surface area contributed by atoms with E-state index in [0.29, 0.717) is 6.04 Å². The maximum absolute atomic E-state index is 10.4. The monoisotopic (exact) mass is 233 g/mol. The molecule has 0 radical (unpaired) electrons. The molecular weight excluding hydrogens is 210 g/mol. The van der Waals surface area contributed by atoms with Gasteiger partial charge in [-0.05, 0) is 37.9 Å². The van der Waals surface area contributed by atoms with Gasteiger partial charge in [0.05, 0.1) is 6.10 Å². The fraction of sp³-hybridized carbons (Fsp3) is 0.600. The van der Waals surface area contributed by atoms with Crippen LogP contribution in [-0.2, 0) is 6.42 Å². The highest BCUT2D eigenvalue weighted by atomic mass is 16.3. The van der Waals surface area contributed by atoms with E-state index in [1.54, 1.807) is 0 Å². The first-order valence-electron chi connectivity index (χ1n) is 6.63. The van der Waals surface area contributed by atoms with Crippen molar-refractivity contribution in [2.75, 3.05) is 7.05 Å². The highest BCUT2D eigenvalue weighted by Gasteiger charge is 2.34. The van der Waals surface area contributed by atoms with E-state index in [-0.39, 0.29) is 12.1 Å². The van der Waals surface area contributed by atoms with E-state index in [2.05, 4.69) is 44.0 Å². The minimum absolute atomic E-state index is 0.244. The molecule has 0 fully saturated rings. The Kier molecular flexibility index (Phi) is 3.85. The third kappa shape index (κ3) is 2.38. The Labute approximate surface area is 104 Å². The molecule has 2 heteroatoms. The van der Waals surface area contributed by atoms with Gasteiger partial charge in [0.25, 0.3) is 0 Å². The summed E-state index contributed by atoms with van der Waals surface area (Å²) in [6.45, 7) is 4.46. The van der Waals surface area contributed by atoms with Gasteiger partial charge in [0.15, 0.2) is 0 Å². The number of rotatable bonds is 4. The van der Waals surface area contributed by atoms with E-state index in [1.165, 1.54) is 18.4 Å². The van der Waals surface area contributed by atoms with Crippen LogP contribution in [0.3, 0.4) is 0 Å². The van der Waals surface area contributed by atoms with Crippen LogP contribution in [0.5, 0.6) is 0 Å². The van der Waals surface area contributed by atoms with Gasteiger partial charge in [-0.2, -0.15) is 0 Å². The molecule has 1 aromatic carbocycles. The molecule has 0 aromatic heterocycles. The summed E-state index contributed by atoms with van der Waals surface area (Å²) < 4.78 is 0. The van der Waals surface area contributed by atoms with E-state index in [0.717, 1.165) is 12.0 Å². The van der Waals surface area contributed by atoms with Gasteiger partial charge in [0.2, 0.25) is 0 Å². The molecular formula is C15H23NO. The Hall–Kier alpha value is -0.860. The van der Waals surface area contributed by atoms with Crippen LogP contribution in [0.15, 0.2) is 24.3 Å². The van der Waals surface area contributed by atoms with Crippen molar-refractivity contribution in [1.82, 2.24) is 4.90 Å². The summed E-state index contributed by atoms with van der Waals surface area (Å²) in [5.41, 5.74) is 2.42. The van der Waals surface area contributed by atoms with E-state index >= 15 is 0 Å². The molecule has 3 atom stereocenters. The Balaban J connectivity index is 2.11. The number of nitrogens with zero attached hydrogens (tertiary/aromatic N) is 1. The Morgan fingerprint density at radius 2 is 2.12 bits per heavy atom. The van der Waals surface area contributed by atoms with Gasteiger partial charge in [0, 0.05) is 12.1 Å². The standard InChI is InChI=1S/C15H23NO/c1-4-7-11(2)16(3)14-10-12-8-5-6-9-13(12)15(14)17/h5-6,8-9,11,14-15,17H,4,7,10H2,1-3H3. The van der Waals surface area contributed by atoms with Crippen LogP contribution < -0.4 is 0 Å². The average Bonchev–Trinajstić information content (AvgIpc) is 2.67. The Bertz CT molecular complexity index is 377. The van der Waals surface area contributed by atoms with Gasteiger partial charge in [-0.15, -0.1) is 0 Å². The van der Waals surface area contributed by atoms with Gasteiger partial charge < -0.3 is 5.11 Å². The number of likely N-dealkylation sites (N-methyl/N-ethyl adjacent to an activating group) is 1. The molecule has 0 saturated carbocycles. The number of aliphatic hydroxyl groups is 1. The van der Waals surface area contributed by atoms with E-state index in [1.807, 2.05) is 6.07 Å². The molecule has 2 nitrogen and oxygen atoms in total. The van der Waals surface area contributed by atoms with Crippen molar-refractivity contribution in [2.45, 2.75) is 51.3 Å². The van der Waals surface area contributed by atoms with Crippen LogP contribution in [0.1, 0.15) is 43.9 Å². The van der Waals surface area contributed by atoms with Crippen molar-refractivity contribution in [1.29, 1.82) is 0 Å². The fourth-order valence-corrected chi connectivity index (χ4v) is 2.87. The van der Waals surface area contributed by atoms with Gasteiger partial charge in [-0.3, -0.25) is 4.90 Å². The van der Waals surface area contributed by atoms with Crippen molar-refractivity contribution in [3.8, 4) is 0 Å². The van der Waals surface area contributed by atoms with Crippen molar-refractivity contribution in [3.05, 3.63) is 35.4 Å². The van der Waals surface area contributed by atoms with Crippen LogP contribution in [-0.4, -0.2) is 29.1 Å². The maximum Gasteiger partial charge on any atom is 0.0951 e. The van der Waals surface area contributed by atoms with Crippen LogP contribution in [0.4, 0.5) is 0 Å². The number of hydrogen-bond donors (Lipinski definition) is 1. The van der Waals surface area contributed by atoms with Gasteiger partial charge in [-0.1, -0.05) is 37.6 Å². The zero-order valence-electron chi connectivity index (χ0n) is 11.1. The smallest absolute Gasteiger partial charge is 0.0951 e. The van der Waals surface area contributed by atoms with E-state index < -0.39 is 0 Å². The first-order chi connectivity index (χ1) is 8.15. The minimum atomic E-state index is -0.324. The molecule has 0 heterocycles. The van der Waals surface area contributed by atoms with Crippen LogP contribution in [0.2, 0.25) is 0 Å².